The predicted octanol–water partition coefficient (Wildman–Crippen LogP) is 2.40. The largest absolute Gasteiger partial charge is 0.497 e. The molecule has 1 aromatic carbocycles. The number of rotatable bonds is 2. The minimum atomic E-state index is -0.142. The zero-order valence-corrected chi connectivity index (χ0v) is 12.4. The van der Waals surface area contributed by atoms with Crippen molar-refractivity contribution in [3.05, 3.63) is 36.4 Å². The van der Waals surface area contributed by atoms with Gasteiger partial charge in [-0.3, -0.25) is 9.59 Å². The van der Waals surface area contributed by atoms with E-state index in [1.165, 1.54) is 17.7 Å². The van der Waals surface area contributed by atoms with E-state index in [1.807, 2.05) is 18.2 Å². The monoisotopic (exact) mass is 295 g/mol. The molecule has 1 saturated heterocycles. The number of fused-ring (bicyclic) bond motifs is 3. The van der Waals surface area contributed by atoms with Crippen molar-refractivity contribution in [2.24, 2.45) is 29.1 Å². The van der Waals surface area contributed by atoms with Crippen molar-refractivity contribution in [1.29, 1.82) is 0 Å². The van der Waals surface area contributed by atoms with Gasteiger partial charge in [-0.1, -0.05) is 18.2 Å². The number of imide groups is 1. The maximum absolute atomic E-state index is 12.9. The van der Waals surface area contributed by atoms with Crippen molar-refractivity contribution in [3.63, 3.8) is 0 Å². The van der Waals surface area contributed by atoms with Crippen LogP contribution >= 0.6 is 0 Å². The standard InChI is InChI=1S/C18H17NO3/c1-22-11-4-2-3-10(9-11)19-16(20)14-12-5-6-13(15(14)17(19)21)18(12)7-8-18/h2-6,9,12-15H,7-8H2,1H3/t12-,13-,14-,15-/m0/s1. The zero-order valence-electron chi connectivity index (χ0n) is 12.4. The maximum Gasteiger partial charge on any atom is 0.238 e. The number of amides is 2. The van der Waals surface area contributed by atoms with Gasteiger partial charge in [0.1, 0.15) is 5.75 Å². The van der Waals surface area contributed by atoms with Crippen LogP contribution in [-0.4, -0.2) is 18.9 Å². The Labute approximate surface area is 128 Å². The lowest BCUT2D eigenvalue weighted by Crippen LogP contribution is -2.34. The predicted molar refractivity (Wildman–Crippen MR) is 80.3 cm³/mol. The summed E-state index contributed by atoms with van der Waals surface area (Å²) in [6.45, 7) is 0. The molecule has 4 aliphatic rings. The van der Waals surface area contributed by atoms with Crippen molar-refractivity contribution in [1.82, 2.24) is 0 Å². The number of hydrogen-bond donors (Lipinski definition) is 0. The van der Waals surface area contributed by atoms with Crippen LogP contribution in [0.2, 0.25) is 0 Å². The van der Waals surface area contributed by atoms with Crippen LogP contribution in [0.15, 0.2) is 36.4 Å². The van der Waals surface area contributed by atoms with Crippen molar-refractivity contribution in [2.45, 2.75) is 12.8 Å². The SMILES string of the molecule is COc1cccc(N2C(=O)[C@@H]3[C@@H](C2=O)[C@@H]2C=C[C@@H]3C23CC3)c1. The summed E-state index contributed by atoms with van der Waals surface area (Å²) >= 11 is 0. The average Bonchev–Trinajstić information content (AvgIpc) is 3.13. The molecule has 22 heavy (non-hydrogen) atoms. The quantitative estimate of drug-likeness (QED) is 0.622. The van der Waals surface area contributed by atoms with Gasteiger partial charge in [0.15, 0.2) is 0 Å². The molecule has 1 aromatic rings. The highest BCUT2D eigenvalue weighted by Crippen LogP contribution is 2.73. The summed E-state index contributed by atoms with van der Waals surface area (Å²) in [6.07, 6.45) is 6.72. The fourth-order valence-electron chi connectivity index (χ4n) is 5.08. The molecule has 112 valence electrons. The summed E-state index contributed by atoms with van der Waals surface area (Å²) in [5.74, 6) is 0.879. The summed E-state index contributed by atoms with van der Waals surface area (Å²) in [5, 5.41) is 0. The Hall–Kier alpha value is -2.10. The molecule has 3 fully saturated rings. The molecule has 2 bridgehead atoms. The Bertz CT molecular complexity index is 700. The fourth-order valence-corrected chi connectivity index (χ4v) is 5.08. The van der Waals surface area contributed by atoms with E-state index in [4.69, 9.17) is 4.74 Å². The van der Waals surface area contributed by atoms with Crippen LogP contribution < -0.4 is 9.64 Å². The smallest absolute Gasteiger partial charge is 0.238 e. The normalized spacial score (nSPS) is 36.3. The Kier molecular flexibility index (Phi) is 2.15. The maximum atomic E-state index is 12.9. The van der Waals surface area contributed by atoms with E-state index in [2.05, 4.69) is 12.2 Å². The Morgan fingerprint density at radius 1 is 1.09 bits per heavy atom. The van der Waals surface area contributed by atoms with E-state index >= 15 is 0 Å². The highest BCUT2D eigenvalue weighted by molar-refractivity contribution is 6.23. The molecule has 3 aliphatic carbocycles. The number of ether oxygens (including phenoxy) is 1. The molecular formula is C18H17NO3. The molecule has 5 rings (SSSR count). The number of carbonyl (C=O) groups excluding carboxylic acids is 2. The number of carbonyl (C=O) groups is 2. The van der Waals surface area contributed by atoms with Crippen LogP contribution in [0, 0.1) is 29.1 Å². The minimum Gasteiger partial charge on any atom is -0.497 e. The van der Waals surface area contributed by atoms with Gasteiger partial charge in [-0.05, 0) is 42.2 Å². The van der Waals surface area contributed by atoms with Crippen LogP contribution in [0.25, 0.3) is 0 Å². The average molecular weight is 295 g/mol. The molecule has 0 aromatic heterocycles. The summed E-state index contributed by atoms with van der Waals surface area (Å²) in [5.41, 5.74) is 0.884. The highest BCUT2D eigenvalue weighted by atomic mass is 16.5. The van der Waals surface area contributed by atoms with Crippen LogP contribution in [-0.2, 0) is 9.59 Å². The minimum absolute atomic E-state index is 0.0219. The number of nitrogens with zero attached hydrogens (tertiary/aromatic N) is 1. The van der Waals surface area contributed by atoms with E-state index in [1.54, 1.807) is 13.2 Å². The molecule has 0 N–H and O–H groups in total. The summed E-state index contributed by atoms with van der Waals surface area (Å²) < 4.78 is 5.21. The van der Waals surface area contributed by atoms with Crippen LogP contribution in [0.3, 0.4) is 0 Å². The molecule has 2 amide bonds. The topological polar surface area (TPSA) is 46.6 Å². The van der Waals surface area contributed by atoms with Gasteiger partial charge in [0.05, 0.1) is 24.6 Å². The summed E-state index contributed by atoms with van der Waals surface area (Å²) in [7, 11) is 1.59. The lowest BCUT2D eigenvalue weighted by molar-refractivity contribution is -0.123. The van der Waals surface area contributed by atoms with Crippen molar-refractivity contribution >= 4 is 17.5 Å². The molecule has 0 unspecified atom stereocenters. The summed E-state index contributed by atoms with van der Waals surface area (Å²) in [4.78, 5) is 27.3. The Balaban J connectivity index is 1.56. The molecule has 0 radical (unpaired) electrons. The van der Waals surface area contributed by atoms with Crippen molar-refractivity contribution in [2.75, 3.05) is 12.0 Å². The number of benzene rings is 1. The first-order chi connectivity index (χ1) is 10.7. The van der Waals surface area contributed by atoms with E-state index in [-0.39, 0.29) is 40.9 Å². The second kappa shape index (κ2) is 3.80. The molecule has 4 nitrogen and oxygen atoms in total. The first-order valence-electron chi connectivity index (χ1n) is 7.87. The molecule has 1 spiro atoms. The van der Waals surface area contributed by atoms with Gasteiger partial charge in [-0.15, -0.1) is 0 Å². The Morgan fingerprint density at radius 2 is 1.73 bits per heavy atom. The van der Waals surface area contributed by atoms with Gasteiger partial charge < -0.3 is 4.74 Å². The van der Waals surface area contributed by atoms with E-state index in [9.17, 15) is 9.59 Å². The second-order valence-electron chi connectivity index (χ2n) is 6.93. The van der Waals surface area contributed by atoms with Gasteiger partial charge in [-0.25, -0.2) is 4.90 Å². The van der Waals surface area contributed by atoms with Gasteiger partial charge >= 0.3 is 0 Å². The first kappa shape index (κ1) is 12.4. The summed E-state index contributed by atoms with van der Waals surface area (Å²) in [6, 6.07) is 7.21. The fraction of sp³-hybridized carbons (Fsp3) is 0.444. The molecule has 2 saturated carbocycles. The van der Waals surface area contributed by atoms with Gasteiger partial charge in [-0.2, -0.15) is 0 Å². The third-order valence-corrected chi connectivity index (χ3v) is 6.16. The number of hydrogen-bond acceptors (Lipinski definition) is 3. The van der Waals surface area contributed by atoms with Gasteiger partial charge in [0.25, 0.3) is 0 Å². The van der Waals surface area contributed by atoms with Gasteiger partial charge in [0.2, 0.25) is 11.8 Å². The van der Waals surface area contributed by atoms with E-state index < -0.39 is 0 Å². The highest BCUT2D eigenvalue weighted by Gasteiger charge is 2.73. The van der Waals surface area contributed by atoms with Crippen LogP contribution in [0.4, 0.5) is 5.69 Å². The Morgan fingerprint density at radius 3 is 2.27 bits per heavy atom. The number of methoxy groups -OCH3 is 1. The molecule has 1 aliphatic heterocycles. The molecule has 4 heteroatoms. The van der Waals surface area contributed by atoms with Crippen molar-refractivity contribution in [3.8, 4) is 5.75 Å². The van der Waals surface area contributed by atoms with E-state index in [0.29, 0.717) is 11.4 Å². The van der Waals surface area contributed by atoms with Crippen molar-refractivity contribution < 1.29 is 14.3 Å². The van der Waals surface area contributed by atoms with Crippen LogP contribution in [0.1, 0.15) is 12.8 Å². The van der Waals surface area contributed by atoms with Gasteiger partial charge in [0, 0.05) is 6.07 Å². The zero-order chi connectivity index (χ0) is 15.1. The number of anilines is 1. The first-order valence-corrected chi connectivity index (χ1v) is 7.87. The lowest BCUT2D eigenvalue weighted by Gasteiger charge is -2.22. The molecule has 1 heterocycles. The third-order valence-electron chi connectivity index (χ3n) is 6.16. The second-order valence-corrected chi connectivity index (χ2v) is 6.93. The third kappa shape index (κ3) is 1.25. The molecule has 4 atom stereocenters. The molecular weight excluding hydrogens is 278 g/mol. The lowest BCUT2D eigenvalue weighted by atomic mass is 9.85. The van der Waals surface area contributed by atoms with Crippen LogP contribution in [0.5, 0.6) is 5.75 Å². The number of allylic oxidation sites excluding steroid dienone is 2. The van der Waals surface area contributed by atoms with E-state index in [0.717, 1.165) is 0 Å².